The second-order valence-electron chi connectivity index (χ2n) is 2.61. The molecule has 0 unspecified atom stereocenters. The van der Waals surface area contributed by atoms with Gasteiger partial charge in [-0.05, 0) is 6.42 Å². The zero-order valence-electron chi connectivity index (χ0n) is 7.08. The van der Waals surface area contributed by atoms with E-state index in [1.165, 1.54) is 25.7 Å². The Labute approximate surface area is 69.8 Å². The van der Waals surface area contributed by atoms with Crippen LogP contribution in [0.2, 0.25) is 0 Å². The standard InChI is InChI=1S/C7H18NO2P/c1-2-3-4-5-6-7-8-11(9)10/h8-10H,2-7H2,1H3. The van der Waals surface area contributed by atoms with E-state index in [-0.39, 0.29) is 0 Å². The Morgan fingerprint density at radius 1 is 1.09 bits per heavy atom. The van der Waals surface area contributed by atoms with E-state index in [9.17, 15) is 0 Å². The third-order valence-corrected chi connectivity index (χ3v) is 2.04. The van der Waals surface area contributed by atoms with Crippen LogP contribution in [0.1, 0.15) is 39.0 Å². The van der Waals surface area contributed by atoms with Gasteiger partial charge in [-0.25, -0.2) is 0 Å². The first-order valence-electron chi connectivity index (χ1n) is 4.18. The van der Waals surface area contributed by atoms with Crippen molar-refractivity contribution in [3.05, 3.63) is 0 Å². The summed E-state index contributed by atoms with van der Waals surface area (Å²) in [6.45, 7) is 2.90. The lowest BCUT2D eigenvalue weighted by Gasteiger charge is -2.03. The molecule has 0 bridgehead atoms. The Kier molecular flexibility index (Phi) is 8.64. The molecule has 68 valence electrons. The molecule has 0 radical (unpaired) electrons. The molecule has 0 heterocycles. The molecule has 0 atom stereocenters. The fourth-order valence-electron chi connectivity index (χ4n) is 0.908. The predicted molar refractivity (Wildman–Crippen MR) is 48.1 cm³/mol. The molecular formula is C7H18NO2P. The van der Waals surface area contributed by atoms with Gasteiger partial charge >= 0.3 is 0 Å². The smallest absolute Gasteiger partial charge is 0.250 e. The van der Waals surface area contributed by atoms with Crippen LogP contribution >= 0.6 is 8.53 Å². The van der Waals surface area contributed by atoms with Gasteiger partial charge in [0.1, 0.15) is 0 Å². The first-order valence-corrected chi connectivity index (χ1v) is 5.43. The topological polar surface area (TPSA) is 52.5 Å². The molecule has 0 aromatic heterocycles. The molecule has 11 heavy (non-hydrogen) atoms. The molecule has 0 amide bonds. The van der Waals surface area contributed by atoms with Crippen molar-refractivity contribution >= 4 is 8.53 Å². The van der Waals surface area contributed by atoms with Crippen LogP contribution in [0.15, 0.2) is 0 Å². The van der Waals surface area contributed by atoms with Crippen LogP contribution in [0.4, 0.5) is 0 Å². The van der Waals surface area contributed by atoms with Gasteiger partial charge in [0.05, 0.1) is 0 Å². The van der Waals surface area contributed by atoms with Crippen molar-refractivity contribution in [3.8, 4) is 0 Å². The summed E-state index contributed by atoms with van der Waals surface area (Å²) < 4.78 is 0. The summed E-state index contributed by atoms with van der Waals surface area (Å²) in [7, 11) is -1.87. The summed E-state index contributed by atoms with van der Waals surface area (Å²) in [6, 6.07) is 0. The highest BCUT2D eigenvalue weighted by atomic mass is 31.2. The molecule has 0 fully saturated rings. The lowest BCUT2D eigenvalue weighted by atomic mass is 10.2. The Bertz CT molecular complexity index is 80.8. The average Bonchev–Trinajstić information content (AvgIpc) is 1.96. The highest BCUT2D eigenvalue weighted by Gasteiger charge is 1.94. The van der Waals surface area contributed by atoms with Crippen LogP contribution in [0, 0.1) is 0 Å². The summed E-state index contributed by atoms with van der Waals surface area (Å²) in [6.07, 6.45) is 6.02. The summed E-state index contributed by atoms with van der Waals surface area (Å²) in [5.74, 6) is 0. The first-order chi connectivity index (χ1) is 5.27. The fraction of sp³-hybridized carbons (Fsp3) is 1.00. The highest BCUT2D eigenvalue weighted by Crippen LogP contribution is 2.15. The van der Waals surface area contributed by atoms with Crippen LogP contribution in [-0.2, 0) is 0 Å². The first kappa shape index (κ1) is 11.3. The molecular weight excluding hydrogens is 161 g/mol. The maximum absolute atomic E-state index is 8.46. The van der Waals surface area contributed by atoms with Crippen molar-refractivity contribution in [3.63, 3.8) is 0 Å². The van der Waals surface area contributed by atoms with Crippen molar-refractivity contribution in [2.45, 2.75) is 39.0 Å². The summed E-state index contributed by atoms with van der Waals surface area (Å²) >= 11 is 0. The molecule has 0 saturated carbocycles. The van der Waals surface area contributed by atoms with Gasteiger partial charge in [-0.15, -0.1) is 0 Å². The second kappa shape index (κ2) is 8.41. The van der Waals surface area contributed by atoms with E-state index < -0.39 is 8.53 Å². The van der Waals surface area contributed by atoms with Gasteiger partial charge in [0.2, 0.25) is 8.53 Å². The maximum Gasteiger partial charge on any atom is 0.250 e. The van der Waals surface area contributed by atoms with Crippen LogP contribution < -0.4 is 5.09 Å². The van der Waals surface area contributed by atoms with Crippen LogP contribution in [0.25, 0.3) is 0 Å². The Balaban J connectivity index is 2.80. The quantitative estimate of drug-likeness (QED) is 0.412. The van der Waals surface area contributed by atoms with Crippen molar-refractivity contribution in [1.29, 1.82) is 0 Å². The number of unbranched alkanes of at least 4 members (excludes halogenated alkanes) is 4. The Morgan fingerprint density at radius 2 is 1.73 bits per heavy atom. The van der Waals surface area contributed by atoms with Crippen LogP contribution in [0.5, 0.6) is 0 Å². The molecule has 0 aliphatic heterocycles. The fourth-order valence-corrected chi connectivity index (χ4v) is 1.27. The largest absolute Gasteiger partial charge is 0.338 e. The van der Waals surface area contributed by atoms with E-state index >= 15 is 0 Å². The summed E-state index contributed by atoms with van der Waals surface area (Å²) in [5.41, 5.74) is 0. The second-order valence-corrected chi connectivity index (χ2v) is 3.51. The SMILES string of the molecule is CCCCCCCNP(O)O. The molecule has 0 rings (SSSR count). The van der Waals surface area contributed by atoms with E-state index in [0.29, 0.717) is 0 Å². The van der Waals surface area contributed by atoms with Crippen LogP contribution in [0.3, 0.4) is 0 Å². The van der Waals surface area contributed by atoms with E-state index in [0.717, 1.165) is 13.0 Å². The molecule has 3 nitrogen and oxygen atoms in total. The third kappa shape index (κ3) is 10.3. The van der Waals surface area contributed by atoms with Gasteiger partial charge in [-0.3, -0.25) is 5.09 Å². The van der Waals surface area contributed by atoms with Crippen molar-refractivity contribution in [2.24, 2.45) is 0 Å². The normalized spacial score (nSPS) is 10.9. The monoisotopic (exact) mass is 179 g/mol. The number of rotatable bonds is 7. The van der Waals surface area contributed by atoms with E-state index in [4.69, 9.17) is 9.79 Å². The third-order valence-electron chi connectivity index (χ3n) is 1.53. The summed E-state index contributed by atoms with van der Waals surface area (Å²) in [5, 5.41) is 2.60. The minimum absolute atomic E-state index is 0.725. The Morgan fingerprint density at radius 3 is 2.27 bits per heavy atom. The lowest BCUT2D eigenvalue weighted by Crippen LogP contribution is -2.07. The van der Waals surface area contributed by atoms with E-state index in [2.05, 4.69) is 12.0 Å². The van der Waals surface area contributed by atoms with Gasteiger partial charge in [0, 0.05) is 6.54 Å². The number of hydrogen-bond donors (Lipinski definition) is 3. The summed E-state index contributed by atoms with van der Waals surface area (Å²) in [4.78, 5) is 16.9. The zero-order chi connectivity index (χ0) is 8.53. The molecule has 3 N–H and O–H groups in total. The molecule has 0 aliphatic rings. The van der Waals surface area contributed by atoms with Gasteiger partial charge < -0.3 is 9.79 Å². The highest BCUT2D eigenvalue weighted by molar-refractivity contribution is 7.42. The van der Waals surface area contributed by atoms with Gasteiger partial charge in [-0.2, -0.15) is 0 Å². The molecule has 0 saturated heterocycles. The van der Waals surface area contributed by atoms with Gasteiger partial charge in [0.15, 0.2) is 0 Å². The molecule has 4 heteroatoms. The average molecular weight is 179 g/mol. The molecule has 0 spiro atoms. The molecule has 0 aliphatic carbocycles. The number of hydrogen-bond acceptors (Lipinski definition) is 3. The molecule has 0 aromatic rings. The van der Waals surface area contributed by atoms with Gasteiger partial charge in [-0.1, -0.05) is 32.6 Å². The van der Waals surface area contributed by atoms with Gasteiger partial charge in [0.25, 0.3) is 0 Å². The minimum atomic E-state index is -1.87. The van der Waals surface area contributed by atoms with E-state index in [1.54, 1.807) is 0 Å². The zero-order valence-corrected chi connectivity index (χ0v) is 7.98. The maximum atomic E-state index is 8.46. The van der Waals surface area contributed by atoms with Crippen molar-refractivity contribution in [2.75, 3.05) is 6.54 Å². The lowest BCUT2D eigenvalue weighted by molar-refractivity contribution is 0.462. The van der Waals surface area contributed by atoms with Crippen LogP contribution in [-0.4, -0.2) is 16.3 Å². The van der Waals surface area contributed by atoms with E-state index in [1.807, 2.05) is 0 Å². The number of nitrogens with one attached hydrogen (secondary N) is 1. The van der Waals surface area contributed by atoms with Crippen molar-refractivity contribution < 1.29 is 9.79 Å². The predicted octanol–water partition coefficient (Wildman–Crippen LogP) is 1.76. The minimum Gasteiger partial charge on any atom is -0.338 e. The van der Waals surface area contributed by atoms with Crippen molar-refractivity contribution in [1.82, 2.24) is 5.09 Å². The Hall–Kier alpha value is 0.310. The molecule has 0 aromatic carbocycles.